The quantitative estimate of drug-likeness (QED) is 0.345. The van der Waals surface area contributed by atoms with Crippen LogP contribution < -0.4 is 9.46 Å². The predicted molar refractivity (Wildman–Crippen MR) is 114 cm³/mol. The van der Waals surface area contributed by atoms with Gasteiger partial charge < -0.3 is 9.84 Å². The fourth-order valence-electron chi connectivity index (χ4n) is 2.16. The molecule has 0 atom stereocenters. The van der Waals surface area contributed by atoms with Gasteiger partial charge in [-0.2, -0.15) is 0 Å². The smallest absolute Gasteiger partial charge is 0.339 e. The molecule has 2 rings (SSSR count). The standard InChI is InChI=1S/C19H16Cl2N2O5S/c1-12(9-14(21)11-22-2)28-18-8-5-15(10-17(18)19(24)25)23-29(26,27)16-6-3-13(20)4-7-16/h3-11,23H,1H2,2H3,(H,24,25)/b14-9+,22-11?. The number of carboxylic acids is 1. The summed E-state index contributed by atoms with van der Waals surface area (Å²) in [6.07, 6.45) is 2.72. The van der Waals surface area contributed by atoms with Crippen LogP contribution in [0.5, 0.6) is 5.75 Å². The van der Waals surface area contributed by atoms with Crippen molar-refractivity contribution in [2.24, 2.45) is 4.99 Å². The number of nitrogens with one attached hydrogen (secondary N) is 1. The molecule has 0 saturated heterocycles. The van der Waals surface area contributed by atoms with Gasteiger partial charge in [0.05, 0.1) is 9.93 Å². The monoisotopic (exact) mass is 454 g/mol. The average molecular weight is 455 g/mol. The van der Waals surface area contributed by atoms with Gasteiger partial charge in [-0.15, -0.1) is 0 Å². The van der Waals surface area contributed by atoms with Crippen LogP contribution in [-0.4, -0.2) is 32.8 Å². The lowest BCUT2D eigenvalue weighted by molar-refractivity contribution is 0.0694. The molecule has 2 aromatic carbocycles. The highest BCUT2D eigenvalue weighted by Crippen LogP contribution is 2.27. The van der Waals surface area contributed by atoms with E-state index in [0.29, 0.717) is 5.02 Å². The number of aromatic carboxylic acids is 1. The zero-order chi connectivity index (χ0) is 21.6. The number of benzene rings is 2. The number of allylic oxidation sites excluding steroid dienone is 2. The van der Waals surface area contributed by atoms with Gasteiger partial charge in [-0.1, -0.05) is 29.8 Å². The van der Waals surface area contributed by atoms with E-state index < -0.39 is 16.0 Å². The van der Waals surface area contributed by atoms with Crippen LogP contribution in [0.15, 0.2) is 75.8 Å². The molecule has 7 nitrogen and oxygen atoms in total. The van der Waals surface area contributed by atoms with Crippen molar-refractivity contribution in [1.29, 1.82) is 0 Å². The predicted octanol–water partition coefficient (Wildman–Crippen LogP) is 4.55. The Bertz CT molecular complexity index is 1090. The number of anilines is 1. The number of hydrogen-bond acceptors (Lipinski definition) is 5. The van der Waals surface area contributed by atoms with E-state index >= 15 is 0 Å². The number of nitrogens with zero attached hydrogens (tertiary/aromatic N) is 1. The molecule has 2 aromatic rings. The van der Waals surface area contributed by atoms with E-state index in [4.69, 9.17) is 27.9 Å². The molecule has 0 aliphatic rings. The summed E-state index contributed by atoms with van der Waals surface area (Å²) < 4.78 is 32.6. The number of sulfonamides is 1. The van der Waals surface area contributed by atoms with E-state index in [1.54, 1.807) is 0 Å². The maximum absolute atomic E-state index is 12.5. The molecule has 0 heterocycles. The van der Waals surface area contributed by atoms with Crippen molar-refractivity contribution in [3.8, 4) is 5.75 Å². The minimum absolute atomic E-state index is 0.0233. The van der Waals surface area contributed by atoms with Gasteiger partial charge in [-0.25, -0.2) is 13.2 Å². The molecule has 0 aliphatic heterocycles. The highest BCUT2D eigenvalue weighted by atomic mass is 35.5. The maximum atomic E-state index is 12.5. The molecule has 0 bridgehead atoms. The molecule has 152 valence electrons. The average Bonchev–Trinajstić information content (AvgIpc) is 2.63. The fourth-order valence-corrected chi connectivity index (χ4v) is 3.56. The Morgan fingerprint density at radius 3 is 2.48 bits per heavy atom. The molecular weight excluding hydrogens is 439 g/mol. The van der Waals surface area contributed by atoms with Crippen molar-refractivity contribution in [3.05, 3.63) is 76.5 Å². The van der Waals surface area contributed by atoms with Crippen LogP contribution in [-0.2, 0) is 10.0 Å². The first kappa shape index (κ1) is 22.5. The number of rotatable bonds is 8. The molecule has 0 fully saturated rings. The lowest BCUT2D eigenvalue weighted by Crippen LogP contribution is -2.13. The van der Waals surface area contributed by atoms with E-state index in [-0.39, 0.29) is 32.7 Å². The van der Waals surface area contributed by atoms with Crippen molar-refractivity contribution in [2.45, 2.75) is 4.90 Å². The van der Waals surface area contributed by atoms with E-state index in [0.717, 1.165) is 6.07 Å². The van der Waals surface area contributed by atoms with E-state index in [1.165, 1.54) is 55.7 Å². The van der Waals surface area contributed by atoms with Crippen LogP contribution in [0, 0.1) is 0 Å². The van der Waals surface area contributed by atoms with Crippen molar-refractivity contribution >= 4 is 51.1 Å². The van der Waals surface area contributed by atoms with Crippen LogP contribution in [0.25, 0.3) is 0 Å². The van der Waals surface area contributed by atoms with Crippen molar-refractivity contribution < 1.29 is 23.1 Å². The van der Waals surface area contributed by atoms with E-state index in [9.17, 15) is 18.3 Å². The summed E-state index contributed by atoms with van der Waals surface area (Å²) in [5.41, 5.74) is -0.224. The summed E-state index contributed by atoms with van der Waals surface area (Å²) in [5, 5.41) is 10.1. The molecule has 0 unspecified atom stereocenters. The minimum atomic E-state index is -3.93. The van der Waals surface area contributed by atoms with Gasteiger partial charge in [-0.05, 0) is 42.5 Å². The Hall–Kier alpha value is -2.81. The molecule has 29 heavy (non-hydrogen) atoms. The molecule has 0 saturated carbocycles. The van der Waals surface area contributed by atoms with Crippen LogP contribution in [0.1, 0.15) is 10.4 Å². The molecule has 0 radical (unpaired) electrons. The number of aliphatic imine (C=N–C) groups is 1. The fraction of sp³-hybridized carbons (Fsp3) is 0.0526. The molecule has 0 aliphatic carbocycles. The van der Waals surface area contributed by atoms with Crippen LogP contribution >= 0.6 is 23.2 Å². The molecule has 2 N–H and O–H groups in total. The Kier molecular flexibility index (Phi) is 7.44. The maximum Gasteiger partial charge on any atom is 0.339 e. The van der Waals surface area contributed by atoms with Gasteiger partial charge in [0.25, 0.3) is 10.0 Å². The van der Waals surface area contributed by atoms with Gasteiger partial charge in [0.2, 0.25) is 0 Å². The Labute approximate surface area is 178 Å². The minimum Gasteiger partial charge on any atom is -0.478 e. The third-order valence-corrected chi connectivity index (χ3v) is 5.23. The summed E-state index contributed by atoms with van der Waals surface area (Å²) in [5.74, 6) is -1.27. The zero-order valence-electron chi connectivity index (χ0n) is 15.1. The first-order valence-corrected chi connectivity index (χ1v) is 10.2. The number of ether oxygens (including phenoxy) is 1. The van der Waals surface area contributed by atoms with E-state index in [2.05, 4.69) is 16.3 Å². The van der Waals surface area contributed by atoms with Crippen LogP contribution in [0.3, 0.4) is 0 Å². The molecule has 0 aromatic heterocycles. The SMILES string of the molecule is C=C(/C=C(/Cl)C=NC)Oc1ccc(NS(=O)(=O)c2ccc(Cl)cc2)cc1C(=O)O. The van der Waals surface area contributed by atoms with Gasteiger partial charge >= 0.3 is 5.97 Å². The van der Waals surface area contributed by atoms with Crippen molar-refractivity contribution in [1.82, 2.24) is 0 Å². The third kappa shape index (κ3) is 6.35. The number of hydrogen-bond donors (Lipinski definition) is 2. The summed E-state index contributed by atoms with van der Waals surface area (Å²) in [6.45, 7) is 3.64. The Morgan fingerprint density at radius 1 is 1.24 bits per heavy atom. The third-order valence-electron chi connectivity index (χ3n) is 3.38. The zero-order valence-corrected chi connectivity index (χ0v) is 17.4. The molecule has 0 amide bonds. The largest absolute Gasteiger partial charge is 0.478 e. The second-order valence-corrected chi connectivity index (χ2v) is 8.12. The second-order valence-electron chi connectivity index (χ2n) is 5.56. The van der Waals surface area contributed by atoms with Crippen molar-refractivity contribution in [2.75, 3.05) is 11.8 Å². The number of carboxylic acid groups (broad SMARTS) is 1. The normalized spacial score (nSPS) is 12.0. The summed E-state index contributed by atoms with van der Waals surface area (Å²) in [4.78, 5) is 15.3. The lowest BCUT2D eigenvalue weighted by Gasteiger charge is -2.12. The lowest BCUT2D eigenvalue weighted by atomic mass is 10.2. The van der Waals surface area contributed by atoms with Gasteiger partial charge in [0, 0.05) is 30.0 Å². The summed E-state index contributed by atoms with van der Waals surface area (Å²) in [7, 11) is -2.40. The Morgan fingerprint density at radius 2 is 1.90 bits per heavy atom. The molecule has 0 spiro atoms. The highest BCUT2D eigenvalue weighted by molar-refractivity contribution is 7.92. The van der Waals surface area contributed by atoms with Crippen LogP contribution in [0.4, 0.5) is 5.69 Å². The van der Waals surface area contributed by atoms with Gasteiger partial charge in [-0.3, -0.25) is 9.71 Å². The molecular formula is C19H16Cl2N2O5S. The van der Waals surface area contributed by atoms with E-state index in [1.807, 2.05) is 0 Å². The second kappa shape index (κ2) is 9.60. The first-order chi connectivity index (χ1) is 13.6. The van der Waals surface area contributed by atoms with Gasteiger partial charge in [0.15, 0.2) is 0 Å². The highest BCUT2D eigenvalue weighted by Gasteiger charge is 2.18. The Balaban J connectivity index is 2.29. The number of carbonyl (C=O) groups is 1. The summed E-state index contributed by atoms with van der Waals surface area (Å²) >= 11 is 11.6. The number of halogens is 2. The molecule has 10 heteroatoms. The van der Waals surface area contributed by atoms with Crippen molar-refractivity contribution in [3.63, 3.8) is 0 Å². The van der Waals surface area contributed by atoms with Crippen LogP contribution in [0.2, 0.25) is 5.02 Å². The van der Waals surface area contributed by atoms with Gasteiger partial charge in [0.1, 0.15) is 17.1 Å². The topological polar surface area (TPSA) is 105 Å². The summed E-state index contributed by atoms with van der Waals surface area (Å²) in [6, 6.07) is 9.34. The first-order valence-electron chi connectivity index (χ1n) is 7.94.